The maximum atomic E-state index is 13.2. The van der Waals surface area contributed by atoms with E-state index in [4.69, 9.17) is 9.15 Å². The van der Waals surface area contributed by atoms with Crippen molar-refractivity contribution >= 4 is 28.9 Å². The maximum absolute atomic E-state index is 13.2. The smallest absolute Gasteiger partial charge is 0.416 e. The van der Waals surface area contributed by atoms with Gasteiger partial charge in [0.1, 0.15) is 5.76 Å². The number of cyclic esters (lactones) is 1. The van der Waals surface area contributed by atoms with Gasteiger partial charge in [0, 0.05) is 6.42 Å². The number of anilines is 1. The normalized spacial score (nSPS) is 15.8. The van der Waals surface area contributed by atoms with Crippen molar-refractivity contribution in [3.63, 3.8) is 0 Å². The molecule has 0 spiro atoms. The second kappa shape index (κ2) is 7.80. The Bertz CT molecular complexity index is 1360. The van der Waals surface area contributed by atoms with E-state index >= 15 is 0 Å². The number of hydrogen-bond donors (Lipinski definition) is 1. The van der Waals surface area contributed by atoms with E-state index in [1.807, 2.05) is 0 Å². The molecule has 2 aromatic heterocycles. The number of carbonyl (C=O) groups excluding carboxylic acids is 2. The minimum Gasteiger partial charge on any atom is -0.467 e. The Morgan fingerprint density at radius 3 is 2.73 bits per heavy atom. The number of furan rings is 1. The molecule has 2 aromatic carbocycles. The molecule has 0 radical (unpaired) electrons. The van der Waals surface area contributed by atoms with Gasteiger partial charge in [-0.1, -0.05) is 18.2 Å². The van der Waals surface area contributed by atoms with E-state index in [-0.39, 0.29) is 24.4 Å². The van der Waals surface area contributed by atoms with Gasteiger partial charge in [-0.15, -0.1) is 0 Å². The summed E-state index contributed by atoms with van der Waals surface area (Å²) in [5.74, 6) is -0.718. The van der Waals surface area contributed by atoms with Crippen molar-refractivity contribution < 1.29 is 31.9 Å². The molecule has 5 rings (SSSR count). The van der Waals surface area contributed by atoms with Gasteiger partial charge in [-0.25, -0.2) is 9.78 Å². The predicted molar refractivity (Wildman–Crippen MR) is 111 cm³/mol. The zero-order chi connectivity index (χ0) is 23.2. The lowest BCUT2D eigenvalue weighted by molar-refractivity contribution is -0.137. The number of alkyl halides is 3. The molecule has 168 valence electrons. The van der Waals surface area contributed by atoms with Crippen LogP contribution in [0.3, 0.4) is 0 Å². The summed E-state index contributed by atoms with van der Waals surface area (Å²) in [7, 11) is 0. The Hall–Kier alpha value is -4.08. The molecule has 3 heterocycles. The van der Waals surface area contributed by atoms with Gasteiger partial charge in [0.05, 0.1) is 35.0 Å². The number of imidazole rings is 1. The fourth-order valence-electron chi connectivity index (χ4n) is 3.79. The van der Waals surface area contributed by atoms with E-state index in [1.165, 1.54) is 16.9 Å². The van der Waals surface area contributed by atoms with Crippen LogP contribution in [0.25, 0.3) is 11.0 Å². The van der Waals surface area contributed by atoms with Crippen LogP contribution in [0.1, 0.15) is 27.2 Å². The molecule has 0 aliphatic carbocycles. The third kappa shape index (κ3) is 3.95. The van der Waals surface area contributed by atoms with Gasteiger partial charge < -0.3 is 13.7 Å². The molecule has 0 saturated carbocycles. The fraction of sp³-hybridized carbons (Fsp3) is 0.174. The van der Waals surface area contributed by atoms with E-state index in [1.54, 1.807) is 36.4 Å². The monoisotopic (exact) mass is 455 g/mol. The average Bonchev–Trinajstić information content (AvgIpc) is 3.41. The van der Waals surface area contributed by atoms with Crippen LogP contribution in [0.2, 0.25) is 0 Å². The molecule has 4 aromatic rings. The minimum atomic E-state index is -4.54. The molecular formula is C23H16F3N3O4. The van der Waals surface area contributed by atoms with Gasteiger partial charge in [-0.05, 0) is 42.0 Å². The largest absolute Gasteiger partial charge is 0.467 e. The number of nitrogens with one attached hydrogen (secondary N) is 1. The second-order valence-corrected chi connectivity index (χ2v) is 7.55. The van der Waals surface area contributed by atoms with Crippen LogP contribution >= 0.6 is 0 Å². The van der Waals surface area contributed by atoms with E-state index < -0.39 is 29.7 Å². The first-order chi connectivity index (χ1) is 15.8. The lowest BCUT2D eigenvalue weighted by Gasteiger charge is -2.23. The van der Waals surface area contributed by atoms with Crippen molar-refractivity contribution in [2.45, 2.75) is 25.2 Å². The Morgan fingerprint density at radius 2 is 1.97 bits per heavy atom. The van der Waals surface area contributed by atoms with Crippen molar-refractivity contribution in [2.75, 3.05) is 5.32 Å². The van der Waals surface area contributed by atoms with Gasteiger partial charge in [-0.2, -0.15) is 13.2 Å². The number of carbonyl (C=O) groups is 2. The van der Waals surface area contributed by atoms with Crippen LogP contribution < -0.4 is 5.32 Å². The van der Waals surface area contributed by atoms with Crippen LogP contribution in [-0.2, 0) is 28.7 Å². The number of aromatic nitrogens is 2. The number of esters is 1. The Morgan fingerprint density at radius 1 is 1.15 bits per heavy atom. The minimum absolute atomic E-state index is 0.0145. The van der Waals surface area contributed by atoms with E-state index in [2.05, 4.69) is 10.3 Å². The summed E-state index contributed by atoms with van der Waals surface area (Å²) in [4.78, 5) is 29.4. The Kier molecular flexibility index (Phi) is 4.92. The number of halogens is 3. The Balaban J connectivity index is 1.48. The Labute approximate surface area is 184 Å². The first kappa shape index (κ1) is 20.8. The van der Waals surface area contributed by atoms with Gasteiger partial charge in [0.15, 0.2) is 6.10 Å². The number of amides is 1. The molecule has 0 fully saturated rings. The lowest BCUT2D eigenvalue weighted by Crippen LogP contribution is -2.38. The number of hydrogen-bond acceptors (Lipinski definition) is 5. The maximum Gasteiger partial charge on any atom is 0.416 e. The van der Waals surface area contributed by atoms with Gasteiger partial charge in [-0.3, -0.25) is 10.1 Å². The highest BCUT2D eigenvalue weighted by Crippen LogP contribution is 2.32. The molecule has 33 heavy (non-hydrogen) atoms. The molecule has 0 bridgehead atoms. The first-order valence-electron chi connectivity index (χ1n) is 9.99. The van der Waals surface area contributed by atoms with Crippen molar-refractivity contribution in [3.8, 4) is 0 Å². The average molecular weight is 455 g/mol. The highest BCUT2D eigenvalue weighted by molar-refractivity contribution is 6.00. The molecule has 1 atom stereocenters. The summed E-state index contributed by atoms with van der Waals surface area (Å²) in [6, 6.07) is 13.3. The standard InChI is InChI=1S/C23H16F3N3O4/c24-23(25,26)14-7-8-18-17(11-14)27-22(29(18)12-15-5-3-9-32-15)28-20(30)19-10-13-4-1-2-6-16(13)21(31)33-19/h1-9,11,19H,10,12H2,(H,27,28,30)/t19-/m1/s1. The third-order valence-electron chi connectivity index (χ3n) is 5.39. The van der Waals surface area contributed by atoms with Crippen LogP contribution in [0, 0.1) is 0 Å². The van der Waals surface area contributed by atoms with Crippen molar-refractivity contribution in [3.05, 3.63) is 83.3 Å². The molecule has 1 aliphatic rings. The molecule has 1 aliphatic heterocycles. The number of nitrogens with zero attached hydrogens (tertiary/aromatic N) is 2. The first-order valence-corrected chi connectivity index (χ1v) is 9.99. The topological polar surface area (TPSA) is 86.4 Å². The van der Waals surface area contributed by atoms with E-state index in [9.17, 15) is 22.8 Å². The number of rotatable bonds is 4. The van der Waals surface area contributed by atoms with Crippen LogP contribution in [-0.4, -0.2) is 27.5 Å². The SMILES string of the molecule is O=C1O[C@@H](C(=O)Nc2nc3cc(C(F)(F)F)ccc3n2Cc2ccco2)Cc2ccccc21. The summed E-state index contributed by atoms with van der Waals surface area (Å²) in [5, 5.41) is 2.60. The van der Waals surface area contributed by atoms with Crippen LogP contribution in [0.5, 0.6) is 0 Å². The van der Waals surface area contributed by atoms with Crippen LogP contribution in [0.4, 0.5) is 19.1 Å². The zero-order valence-corrected chi connectivity index (χ0v) is 16.9. The fourth-order valence-corrected chi connectivity index (χ4v) is 3.79. The highest BCUT2D eigenvalue weighted by atomic mass is 19.4. The lowest BCUT2D eigenvalue weighted by atomic mass is 9.98. The second-order valence-electron chi connectivity index (χ2n) is 7.55. The van der Waals surface area contributed by atoms with E-state index in [0.717, 1.165) is 12.1 Å². The van der Waals surface area contributed by atoms with Gasteiger partial charge in [0.25, 0.3) is 5.91 Å². The van der Waals surface area contributed by atoms with Gasteiger partial charge in [0.2, 0.25) is 5.95 Å². The summed E-state index contributed by atoms with van der Waals surface area (Å²) in [6.07, 6.45) is -4.00. The molecule has 7 nitrogen and oxygen atoms in total. The number of ether oxygens (including phenoxy) is 1. The predicted octanol–water partition coefficient (Wildman–Crippen LogP) is 4.42. The van der Waals surface area contributed by atoms with Crippen molar-refractivity contribution in [1.82, 2.24) is 9.55 Å². The van der Waals surface area contributed by atoms with Crippen LogP contribution in [0.15, 0.2) is 65.3 Å². The molecular weight excluding hydrogens is 439 g/mol. The van der Waals surface area contributed by atoms with E-state index in [0.29, 0.717) is 22.4 Å². The molecule has 1 amide bonds. The summed E-state index contributed by atoms with van der Waals surface area (Å²) in [6.45, 7) is 0.123. The molecule has 1 N–H and O–H groups in total. The number of fused-ring (bicyclic) bond motifs is 2. The quantitative estimate of drug-likeness (QED) is 0.461. The summed E-state index contributed by atoms with van der Waals surface area (Å²) in [5.41, 5.74) is 0.644. The molecule has 0 saturated heterocycles. The van der Waals surface area contributed by atoms with Crippen molar-refractivity contribution in [2.24, 2.45) is 0 Å². The molecule has 10 heteroatoms. The zero-order valence-electron chi connectivity index (χ0n) is 16.9. The van der Waals surface area contributed by atoms with Gasteiger partial charge >= 0.3 is 12.1 Å². The third-order valence-corrected chi connectivity index (χ3v) is 5.39. The molecule has 0 unspecified atom stereocenters. The summed E-state index contributed by atoms with van der Waals surface area (Å²) >= 11 is 0. The summed E-state index contributed by atoms with van der Waals surface area (Å²) < 4.78 is 51.7. The highest BCUT2D eigenvalue weighted by Gasteiger charge is 2.33. The van der Waals surface area contributed by atoms with Crippen molar-refractivity contribution in [1.29, 1.82) is 0 Å². The number of benzene rings is 2.